The first kappa shape index (κ1) is 30.2. The van der Waals surface area contributed by atoms with Crippen LogP contribution in [0.25, 0.3) is 22.0 Å². The number of nitrogens with zero attached hydrogens (tertiary/aromatic N) is 3. The first-order valence-electron chi connectivity index (χ1n) is 13.0. The van der Waals surface area contributed by atoms with Crippen LogP contribution in [-0.2, 0) is 22.8 Å². The molecule has 0 amide bonds. The topological polar surface area (TPSA) is 78.5 Å². The number of methoxy groups -OCH3 is 1. The zero-order valence-electron chi connectivity index (χ0n) is 24.2. The number of ether oxygens (including phenoxy) is 1. The molecule has 1 N–H and O–H groups in total. The Morgan fingerprint density at radius 1 is 1.26 bits per heavy atom. The third-order valence-electron chi connectivity index (χ3n) is 7.91. The summed E-state index contributed by atoms with van der Waals surface area (Å²) >= 11 is 6.86. The van der Waals surface area contributed by atoms with Gasteiger partial charge in [-0.05, 0) is 62.5 Å². The largest absolute Gasteiger partial charge is 0.464 e. The molecule has 38 heavy (non-hydrogen) atoms. The number of halogens is 1. The second kappa shape index (κ2) is 11.4. The molecular weight excluding hydrogens is 518 g/mol. The first-order chi connectivity index (χ1) is 17.7. The highest BCUT2D eigenvalue weighted by Gasteiger charge is 2.37. The average Bonchev–Trinajstić information content (AvgIpc) is 3.29. The number of fused-ring (bicyclic) bond motifs is 1. The van der Waals surface area contributed by atoms with E-state index in [2.05, 4.69) is 45.5 Å². The van der Waals surface area contributed by atoms with E-state index in [0.29, 0.717) is 36.0 Å². The molecule has 7 nitrogen and oxygen atoms in total. The minimum atomic E-state index is -1.88. The number of carbonyl (C=O) groups excluding carboxylic acids is 1. The van der Waals surface area contributed by atoms with Crippen molar-refractivity contribution in [2.45, 2.75) is 78.2 Å². The Kier molecular flexibility index (Phi) is 9.03. The highest BCUT2D eigenvalue weighted by molar-refractivity contribution is 6.74. The maximum Gasteiger partial charge on any atom is 0.354 e. The van der Waals surface area contributed by atoms with Gasteiger partial charge in [-0.25, -0.2) is 4.79 Å². The van der Waals surface area contributed by atoms with Crippen molar-refractivity contribution in [1.82, 2.24) is 14.3 Å². The molecule has 208 valence electrons. The van der Waals surface area contributed by atoms with E-state index in [9.17, 15) is 9.90 Å². The molecule has 1 atom stereocenters. The van der Waals surface area contributed by atoms with Gasteiger partial charge in [-0.3, -0.25) is 4.68 Å². The lowest BCUT2D eigenvalue weighted by molar-refractivity contribution is 0.0587. The number of benzene rings is 1. The molecule has 0 aliphatic carbocycles. The average molecular weight is 560 g/mol. The number of hydrogen-bond acceptors (Lipinski definition) is 5. The van der Waals surface area contributed by atoms with E-state index in [0.717, 1.165) is 39.7 Å². The van der Waals surface area contributed by atoms with Gasteiger partial charge in [-0.15, -0.1) is 6.58 Å². The third-order valence-corrected chi connectivity index (χ3v) is 12.8. The summed E-state index contributed by atoms with van der Waals surface area (Å²) in [6.45, 7) is 20.0. The molecule has 0 aliphatic heterocycles. The molecule has 1 aromatic carbocycles. The molecule has 0 fully saturated rings. The van der Waals surface area contributed by atoms with Crippen LogP contribution in [0.3, 0.4) is 0 Å². The molecule has 0 spiro atoms. The second-order valence-electron chi connectivity index (χ2n) is 11.4. The van der Waals surface area contributed by atoms with Crippen molar-refractivity contribution < 1.29 is 19.1 Å². The minimum Gasteiger partial charge on any atom is -0.464 e. The van der Waals surface area contributed by atoms with Crippen LogP contribution in [-0.4, -0.2) is 47.5 Å². The number of aromatic nitrogens is 3. The quantitative estimate of drug-likeness (QED) is 0.124. The predicted octanol–water partition coefficient (Wildman–Crippen LogP) is 7.12. The predicted molar refractivity (Wildman–Crippen MR) is 158 cm³/mol. The van der Waals surface area contributed by atoms with E-state index in [1.165, 1.54) is 7.11 Å². The summed E-state index contributed by atoms with van der Waals surface area (Å²) in [6.07, 6.45) is 1.94. The summed E-state index contributed by atoms with van der Waals surface area (Å²) in [4.78, 5) is 13.0. The number of aryl methyl sites for hydroxylation is 3. The van der Waals surface area contributed by atoms with E-state index >= 15 is 0 Å². The molecule has 2 heterocycles. The van der Waals surface area contributed by atoms with E-state index in [1.54, 1.807) is 10.8 Å². The maximum atomic E-state index is 13.0. The summed E-state index contributed by atoms with van der Waals surface area (Å²) in [7, 11) is 1.36. The summed E-state index contributed by atoms with van der Waals surface area (Å²) in [5.74, 6) is -0.402. The van der Waals surface area contributed by atoms with Gasteiger partial charge in [0.15, 0.2) is 8.32 Å². The number of esters is 1. The standard InChI is InChI=1S/C29H42ClN3O4Si/c1-11-13-22(34)26-24(19(3)32(7)31-26)25-20(30)14-15-21-23(25)18(2)27(28(35)36-8)33(21)16-12-17-37-38(9,10)29(4,5)6/h11,14-15,22,34H,1,12-13,16-17H2,2-10H3. The first-order valence-corrected chi connectivity index (χ1v) is 16.3. The van der Waals surface area contributed by atoms with Gasteiger partial charge in [0.2, 0.25) is 0 Å². The Labute approximate surface area is 232 Å². The maximum absolute atomic E-state index is 13.0. The van der Waals surface area contributed by atoms with E-state index in [4.69, 9.17) is 20.8 Å². The van der Waals surface area contributed by atoms with Crippen molar-refractivity contribution in [3.8, 4) is 11.1 Å². The van der Waals surface area contributed by atoms with Crippen molar-refractivity contribution in [3.05, 3.63) is 52.5 Å². The van der Waals surface area contributed by atoms with Crippen LogP contribution < -0.4 is 0 Å². The van der Waals surface area contributed by atoms with Crippen molar-refractivity contribution in [2.24, 2.45) is 7.05 Å². The van der Waals surface area contributed by atoms with Crippen LogP contribution in [0, 0.1) is 13.8 Å². The van der Waals surface area contributed by atoms with Crippen LogP contribution in [0.2, 0.25) is 23.2 Å². The van der Waals surface area contributed by atoms with Gasteiger partial charge in [0.05, 0.1) is 12.8 Å². The molecule has 0 bridgehead atoms. The molecule has 1 unspecified atom stereocenters. The van der Waals surface area contributed by atoms with Crippen LogP contribution >= 0.6 is 11.6 Å². The van der Waals surface area contributed by atoms with Gasteiger partial charge in [0.25, 0.3) is 0 Å². The summed E-state index contributed by atoms with van der Waals surface area (Å²) in [5, 5.41) is 17.0. The van der Waals surface area contributed by atoms with Gasteiger partial charge in [-0.1, -0.05) is 38.4 Å². The lowest BCUT2D eigenvalue weighted by Crippen LogP contribution is -2.41. The van der Waals surface area contributed by atoms with E-state index in [-0.39, 0.29) is 5.04 Å². The lowest BCUT2D eigenvalue weighted by atomic mass is 9.94. The molecule has 0 saturated heterocycles. The molecule has 9 heteroatoms. The van der Waals surface area contributed by atoms with Crippen molar-refractivity contribution in [1.29, 1.82) is 0 Å². The number of hydrogen-bond donors (Lipinski definition) is 1. The molecular formula is C29H42ClN3O4Si. The Morgan fingerprint density at radius 3 is 2.50 bits per heavy atom. The number of rotatable bonds is 10. The molecule has 0 radical (unpaired) electrons. The van der Waals surface area contributed by atoms with Gasteiger partial charge in [0, 0.05) is 52.9 Å². The highest BCUT2D eigenvalue weighted by atomic mass is 35.5. The van der Waals surface area contributed by atoms with Crippen molar-refractivity contribution in [2.75, 3.05) is 13.7 Å². The fourth-order valence-corrected chi connectivity index (χ4v) is 6.00. The zero-order valence-corrected chi connectivity index (χ0v) is 26.0. The highest BCUT2D eigenvalue weighted by Crippen LogP contribution is 2.44. The minimum absolute atomic E-state index is 0.127. The van der Waals surface area contributed by atoms with Gasteiger partial charge < -0.3 is 18.8 Å². The van der Waals surface area contributed by atoms with Crippen LogP contribution in [0.1, 0.15) is 67.2 Å². The van der Waals surface area contributed by atoms with Crippen LogP contribution in [0.5, 0.6) is 0 Å². The Bertz CT molecular complexity index is 1350. The normalized spacial score (nSPS) is 13.2. The summed E-state index contributed by atoms with van der Waals surface area (Å²) in [5.41, 5.74) is 5.08. The monoisotopic (exact) mass is 559 g/mol. The van der Waals surface area contributed by atoms with E-state index < -0.39 is 20.4 Å². The summed E-state index contributed by atoms with van der Waals surface area (Å²) in [6, 6.07) is 3.79. The number of aliphatic hydroxyl groups excluding tert-OH is 1. The van der Waals surface area contributed by atoms with Crippen LogP contribution in [0.15, 0.2) is 24.8 Å². The van der Waals surface area contributed by atoms with Gasteiger partial charge in [-0.2, -0.15) is 5.10 Å². The van der Waals surface area contributed by atoms with Gasteiger partial charge in [0.1, 0.15) is 11.8 Å². The fraction of sp³-hybridized carbons (Fsp3) is 0.517. The SMILES string of the molecule is C=CCC(O)c1nn(C)c(C)c1-c1c(Cl)ccc2c1c(C)c(C(=O)OC)n2CCCO[Si](C)(C)C(C)(C)C. The second-order valence-corrected chi connectivity index (χ2v) is 16.6. The van der Waals surface area contributed by atoms with Gasteiger partial charge >= 0.3 is 5.97 Å². The third kappa shape index (κ3) is 5.50. The number of aliphatic hydroxyl groups is 1. The Morgan fingerprint density at radius 2 is 1.92 bits per heavy atom. The molecule has 0 saturated carbocycles. The number of carbonyl (C=O) groups is 1. The Hall–Kier alpha value is -2.39. The molecule has 2 aromatic heterocycles. The van der Waals surface area contributed by atoms with Crippen LogP contribution in [0.4, 0.5) is 0 Å². The lowest BCUT2D eigenvalue weighted by Gasteiger charge is -2.36. The zero-order chi connectivity index (χ0) is 28.6. The van der Waals surface area contributed by atoms with Crippen molar-refractivity contribution in [3.63, 3.8) is 0 Å². The molecule has 3 rings (SSSR count). The summed E-state index contributed by atoms with van der Waals surface area (Å²) < 4.78 is 15.4. The molecule has 3 aromatic rings. The Balaban J connectivity index is 2.18. The fourth-order valence-electron chi connectivity index (χ4n) is 4.66. The smallest absolute Gasteiger partial charge is 0.354 e. The molecule has 0 aliphatic rings. The van der Waals surface area contributed by atoms with Crippen molar-refractivity contribution >= 4 is 36.8 Å². The van der Waals surface area contributed by atoms with E-state index in [1.807, 2.05) is 37.6 Å².